The van der Waals surface area contributed by atoms with Crippen LogP contribution >= 0.6 is 0 Å². The Labute approximate surface area is 95.8 Å². The molecule has 2 rings (SSSR count). The first-order chi connectivity index (χ1) is 7.66. The summed E-state index contributed by atoms with van der Waals surface area (Å²) in [6, 6.07) is 1.95. The SMILES string of the molecule is CC(C)Oc1cncc(C2CCCC2=O)c1. The quantitative estimate of drug-likeness (QED) is 0.784. The first-order valence-corrected chi connectivity index (χ1v) is 5.81. The van der Waals surface area contributed by atoms with Crippen LogP contribution in [0.4, 0.5) is 0 Å². The molecule has 0 aromatic carbocycles. The zero-order valence-corrected chi connectivity index (χ0v) is 9.77. The summed E-state index contributed by atoms with van der Waals surface area (Å²) in [5.74, 6) is 1.14. The van der Waals surface area contributed by atoms with Gasteiger partial charge in [-0.05, 0) is 38.3 Å². The number of nitrogens with zero attached hydrogens (tertiary/aromatic N) is 1. The Kier molecular flexibility index (Phi) is 3.22. The lowest BCUT2D eigenvalue weighted by molar-refractivity contribution is -0.118. The molecule has 0 aliphatic heterocycles. The van der Waals surface area contributed by atoms with Crippen molar-refractivity contribution in [2.24, 2.45) is 0 Å². The van der Waals surface area contributed by atoms with Gasteiger partial charge in [0.15, 0.2) is 0 Å². The van der Waals surface area contributed by atoms with Crippen molar-refractivity contribution in [3.63, 3.8) is 0 Å². The number of ether oxygens (including phenoxy) is 1. The predicted molar refractivity (Wildman–Crippen MR) is 61.6 cm³/mol. The summed E-state index contributed by atoms with van der Waals surface area (Å²) in [4.78, 5) is 15.8. The third-order valence-electron chi connectivity index (χ3n) is 2.81. The monoisotopic (exact) mass is 219 g/mol. The van der Waals surface area contributed by atoms with Crippen molar-refractivity contribution in [2.75, 3.05) is 0 Å². The molecule has 1 unspecified atom stereocenters. The molecule has 1 fully saturated rings. The largest absolute Gasteiger partial charge is 0.489 e. The van der Waals surface area contributed by atoms with Gasteiger partial charge in [0.05, 0.1) is 12.3 Å². The van der Waals surface area contributed by atoms with Crippen LogP contribution in [-0.4, -0.2) is 16.9 Å². The van der Waals surface area contributed by atoms with E-state index in [4.69, 9.17) is 4.74 Å². The lowest BCUT2D eigenvalue weighted by atomic mass is 9.98. The summed E-state index contributed by atoms with van der Waals surface area (Å²) < 4.78 is 5.58. The summed E-state index contributed by atoms with van der Waals surface area (Å²) >= 11 is 0. The van der Waals surface area contributed by atoms with Crippen LogP contribution in [0.15, 0.2) is 18.5 Å². The number of hydrogen-bond acceptors (Lipinski definition) is 3. The third kappa shape index (κ3) is 2.40. The standard InChI is InChI=1S/C13H17NO2/c1-9(2)16-11-6-10(7-14-8-11)12-4-3-5-13(12)15/h6-9,12H,3-5H2,1-2H3. The van der Waals surface area contributed by atoms with Gasteiger partial charge >= 0.3 is 0 Å². The second kappa shape index (κ2) is 4.64. The fraction of sp³-hybridized carbons (Fsp3) is 0.538. The second-order valence-corrected chi connectivity index (χ2v) is 4.53. The highest BCUT2D eigenvalue weighted by atomic mass is 16.5. The van der Waals surface area contributed by atoms with Crippen LogP contribution in [-0.2, 0) is 4.79 Å². The Hall–Kier alpha value is -1.38. The van der Waals surface area contributed by atoms with Crippen LogP contribution in [0.1, 0.15) is 44.6 Å². The molecule has 1 saturated carbocycles. The molecule has 0 N–H and O–H groups in total. The maximum absolute atomic E-state index is 11.6. The van der Waals surface area contributed by atoms with E-state index in [1.165, 1.54) is 0 Å². The molecule has 0 bridgehead atoms. The van der Waals surface area contributed by atoms with E-state index in [-0.39, 0.29) is 12.0 Å². The van der Waals surface area contributed by atoms with Gasteiger partial charge in [0, 0.05) is 18.5 Å². The van der Waals surface area contributed by atoms with Gasteiger partial charge in [-0.15, -0.1) is 0 Å². The Balaban J connectivity index is 2.18. The molecule has 0 amide bonds. The molecule has 3 nitrogen and oxygen atoms in total. The van der Waals surface area contributed by atoms with E-state index in [1.807, 2.05) is 19.9 Å². The summed E-state index contributed by atoms with van der Waals surface area (Å²) in [6.45, 7) is 3.96. The molecule has 1 aromatic rings. The molecule has 1 aromatic heterocycles. The predicted octanol–water partition coefficient (Wildman–Crippen LogP) is 2.71. The fourth-order valence-electron chi connectivity index (χ4n) is 2.13. The summed E-state index contributed by atoms with van der Waals surface area (Å²) in [5.41, 5.74) is 1.00. The molecule has 0 saturated heterocycles. The van der Waals surface area contributed by atoms with E-state index in [2.05, 4.69) is 4.98 Å². The van der Waals surface area contributed by atoms with E-state index in [0.29, 0.717) is 12.2 Å². The number of pyridine rings is 1. The molecule has 86 valence electrons. The molecule has 1 aliphatic rings. The number of aromatic nitrogens is 1. The highest BCUT2D eigenvalue weighted by Crippen LogP contribution is 2.32. The molecular formula is C13H17NO2. The van der Waals surface area contributed by atoms with E-state index in [0.717, 1.165) is 24.2 Å². The van der Waals surface area contributed by atoms with Gasteiger partial charge in [0.25, 0.3) is 0 Å². The van der Waals surface area contributed by atoms with Crippen molar-refractivity contribution in [1.82, 2.24) is 4.98 Å². The molecule has 0 radical (unpaired) electrons. The average Bonchev–Trinajstić information content (AvgIpc) is 2.64. The van der Waals surface area contributed by atoms with E-state index in [9.17, 15) is 4.79 Å². The van der Waals surface area contributed by atoms with Crippen molar-refractivity contribution < 1.29 is 9.53 Å². The van der Waals surface area contributed by atoms with Gasteiger partial charge in [0.1, 0.15) is 11.5 Å². The van der Waals surface area contributed by atoms with Gasteiger partial charge in [-0.2, -0.15) is 0 Å². The number of rotatable bonds is 3. The Bertz CT molecular complexity index is 387. The minimum Gasteiger partial charge on any atom is -0.489 e. The van der Waals surface area contributed by atoms with Gasteiger partial charge in [0.2, 0.25) is 0 Å². The minimum absolute atomic E-state index is 0.0446. The topological polar surface area (TPSA) is 39.2 Å². The van der Waals surface area contributed by atoms with Gasteiger partial charge in [-0.25, -0.2) is 0 Å². The number of carbonyl (C=O) groups excluding carboxylic acids is 1. The van der Waals surface area contributed by atoms with Crippen LogP contribution in [0.5, 0.6) is 5.75 Å². The van der Waals surface area contributed by atoms with Gasteiger partial charge < -0.3 is 4.74 Å². The Morgan fingerprint density at radius 2 is 2.25 bits per heavy atom. The Morgan fingerprint density at radius 1 is 1.44 bits per heavy atom. The lowest BCUT2D eigenvalue weighted by Gasteiger charge is -2.12. The van der Waals surface area contributed by atoms with Crippen molar-refractivity contribution in [1.29, 1.82) is 0 Å². The van der Waals surface area contributed by atoms with Crippen LogP contribution in [0, 0.1) is 0 Å². The van der Waals surface area contributed by atoms with Crippen LogP contribution in [0.3, 0.4) is 0 Å². The first kappa shape index (κ1) is 11.1. The number of carbonyl (C=O) groups is 1. The minimum atomic E-state index is 0.0446. The summed E-state index contributed by atoms with van der Waals surface area (Å²) in [5, 5.41) is 0. The first-order valence-electron chi connectivity index (χ1n) is 5.81. The second-order valence-electron chi connectivity index (χ2n) is 4.53. The third-order valence-corrected chi connectivity index (χ3v) is 2.81. The fourth-order valence-corrected chi connectivity index (χ4v) is 2.13. The van der Waals surface area contributed by atoms with Crippen molar-refractivity contribution in [2.45, 2.75) is 45.1 Å². The molecule has 1 atom stereocenters. The Morgan fingerprint density at radius 3 is 2.88 bits per heavy atom. The highest BCUT2D eigenvalue weighted by molar-refractivity contribution is 5.87. The number of Topliss-reactive ketones (excluding diaryl/α,β-unsaturated/α-hetero) is 1. The maximum atomic E-state index is 11.6. The number of ketones is 1. The van der Waals surface area contributed by atoms with Crippen molar-refractivity contribution in [3.05, 3.63) is 24.0 Å². The van der Waals surface area contributed by atoms with E-state index in [1.54, 1.807) is 12.4 Å². The van der Waals surface area contributed by atoms with Crippen LogP contribution < -0.4 is 4.74 Å². The van der Waals surface area contributed by atoms with E-state index >= 15 is 0 Å². The van der Waals surface area contributed by atoms with Crippen molar-refractivity contribution in [3.8, 4) is 5.75 Å². The normalized spacial score (nSPS) is 20.4. The van der Waals surface area contributed by atoms with Gasteiger partial charge in [-0.1, -0.05) is 0 Å². The van der Waals surface area contributed by atoms with Crippen LogP contribution in [0.2, 0.25) is 0 Å². The molecule has 1 heterocycles. The van der Waals surface area contributed by atoms with Gasteiger partial charge in [-0.3, -0.25) is 9.78 Å². The zero-order valence-electron chi connectivity index (χ0n) is 9.77. The number of hydrogen-bond donors (Lipinski definition) is 0. The molecular weight excluding hydrogens is 202 g/mol. The zero-order chi connectivity index (χ0) is 11.5. The van der Waals surface area contributed by atoms with Crippen LogP contribution in [0.25, 0.3) is 0 Å². The highest BCUT2D eigenvalue weighted by Gasteiger charge is 2.26. The molecule has 3 heteroatoms. The maximum Gasteiger partial charge on any atom is 0.140 e. The smallest absolute Gasteiger partial charge is 0.140 e. The molecule has 1 aliphatic carbocycles. The molecule has 16 heavy (non-hydrogen) atoms. The van der Waals surface area contributed by atoms with E-state index < -0.39 is 0 Å². The molecule has 0 spiro atoms. The summed E-state index contributed by atoms with van der Waals surface area (Å²) in [7, 11) is 0. The average molecular weight is 219 g/mol. The summed E-state index contributed by atoms with van der Waals surface area (Å²) in [6.07, 6.45) is 6.27. The lowest BCUT2D eigenvalue weighted by Crippen LogP contribution is -2.08. The van der Waals surface area contributed by atoms with Crippen molar-refractivity contribution >= 4 is 5.78 Å².